The lowest BCUT2D eigenvalue weighted by atomic mass is 10.0. The van der Waals surface area contributed by atoms with E-state index < -0.39 is 5.97 Å². The number of esters is 2. The van der Waals surface area contributed by atoms with Gasteiger partial charge in [-0.2, -0.15) is 0 Å². The Balaban J connectivity index is 1.87. The molecule has 2 aliphatic rings. The molecule has 0 N–H and O–H groups in total. The van der Waals surface area contributed by atoms with Crippen LogP contribution >= 0.6 is 0 Å². The second-order valence-corrected chi connectivity index (χ2v) is 7.79. The van der Waals surface area contributed by atoms with Gasteiger partial charge in [-0.05, 0) is 87.8 Å². The summed E-state index contributed by atoms with van der Waals surface area (Å²) in [5.41, 5.74) is 2.24. The normalized spacial score (nSPS) is 16.9. The van der Waals surface area contributed by atoms with E-state index in [4.69, 9.17) is 14.2 Å². The molecule has 5 nitrogen and oxygen atoms in total. The third-order valence-electron chi connectivity index (χ3n) is 5.25. The standard InChI is InChI=1S/C27H30O5/c1-3-7-26(28)31-22-10-6-5-9-20-11-15-23(16-12-20)30-25-19-21(13-17-22)14-18-24(25)32-27(29)8-4-2/h3-4,7-8,11-12,14-16,18-19,22H,5-6,9-10,13,17H2,1-2H3/b7-3+,8-4+/t22-/m1/s1. The number of hydrogen-bond donors (Lipinski definition) is 0. The Hall–Kier alpha value is -3.34. The SMILES string of the molecule is C/C=C/C(=O)Oc1ccc2cc1Oc1ccc(cc1)CCCC[C@@H](OC(=O)/C=C/C)CC2. The Morgan fingerprint density at radius 3 is 2.34 bits per heavy atom. The molecule has 0 aromatic heterocycles. The van der Waals surface area contributed by atoms with Crippen LogP contribution in [0.25, 0.3) is 0 Å². The average Bonchev–Trinajstić information content (AvgIpc) is 2.78. The van der Waals surface area contributed by atoms with Crippen molar-refractivity contribution in [2.24, 2.45) is 0 Å². The minimum Gasteiger partial charge on any atom is -0.459 e. The molecule has 0 aliphatic carbocycles. The van der Waals surface area contributed by atoms with E-state index in [2.05, 4.69) is 0 Å². The molecule has 0 radical (unpaired) electrons. The molecule has 2 heterocycles. The highest BCUT2D eigenvalue weighted by molar-refractivity contribution is 5.84. The van der Waals surface area contributed by atoms with Gasteiger partial charge in [0.05, 0.1) is 0 Å². The van der Waals surface area contributed by atoms with Crippen LogP contribution in [0.5, 0.6) is 17.2 Å². The maximum Gasteiger partial charge on any atom is 0.335 e. The number of fused-ring (bicyclic) bond motifs is 8. The van der Waals surface area contributed by atoms with Gasteiger partial charge in [-0.15, -0.1) is 0 Å². The maximum atomic E-state index is 12.0. The van der Waals surface area contributed by atoms with E-state index in [-0.39, 0.29) is 12.1 Å². The van der Waals surface area contributed by atoms with Gasteiger partial charge in [0.2, 0.25) is 0 Å². The molecule has 4 bridgehead atoms. The lowest BCUT2D eigenvalue weighted by Gasteiger charge is -2.18. The molecule has 0 amide bonds. The fourth-order valence-corrected chi connectivity index (χ4v) is 3.63. The van der Waals surface area contributed by atoms with Crippen LogP contribution in [-0.4, -0.2) is 18.0 Å². The van der Waals surface area contributed by atoms with Crippen molar-refractivity contribution in [2.45, 2.75) is 58.5 Å². The molecule has 1 atom stereocenters. The summed E-state index contributed by atoms with van der Waals surface area (Å²) < 4.78 is 17.2. The van der Waals surface area contributed by atoms with Gasteiger partial charge in [-0.1, -0.05) is 30.4 Å². The van der Waals surface area contributed by atoms with Crippen molar-refractivity contribution in [3.8, 4) is 17.2 Å². The molecule has 0 saturated heterocycles. The largest absolute Gasteiger partial charge is 0.459 e. The Kier molecular flexibility index (Phi) is 8.67. The summed E-state index contributed by atoms with van der Waals surface area (Å²) in [6.45, 7) is 3.56. The van der Waals surface area contributed by atoms with Crippen molar-refractivity contribution in [3.63, 3.8) is 0 Å². The zero-order chi connectivity index (χ0) is 22.8. The van der Waals surface area contributed by atoms with Crippen LogP contribution < -0.4 is 9.47 Å². The molecule has 0 fully saturated rings. The molecule has 2 aliphatic heterocycles. The van der Waals surface area contributed by atoms with E-state index in [0.717, 1.165) is 31.2 Å². The van der Waals surface area contributed by atoms with Crippen LogP contribution in [-0.2, 0) is 27.2 Å². The Morgan fingerprint density at radius 1 is 0.875 bits per heavy atom. The average molecular weight is 435 g/mol. The van der Waals surface area contributed by atoms with Gasteiger partial charge in [0.15, 0.2) is 11.5 Å². The first-order valence-electron chi connectivity index (χ1n) is 11.1. The highest BCUT2D eigenvalue weighted by Crippen LogP contribution is 2.34. The molecule has 0 spiro atoms. The second-order valence-electron chi connectivity index (χ2n) is 7.79. The van der Waals surface area contributed by atoms with E-state index in [1.54, 1.807) is 32.1 Å². The molecule has 0 unspecified atom stereocenters. The minimum absolute atomic E-state index is 0.151. The number of allylic oxidation sites excluding steroid dienone is 2. The van der Waals surface area contributed by atoms with Crippen LogP contribution in [0, 0.1) is 0 Å². The molecular weight excluding hydrogens is 404 g/mol. The summed E-state index contributed by atoms with van der Waals surface area (Å²) in [6, 6.07) is 13.5. The predicted molar refractivity (Wildman–Crippen MR) is 124 cm³/mol. The molecule has 2 aromatic carbocycles. The van der Waals surface area contributed by atoms with Crippen LogP contribution in [0.1, 0.15) is 50.7 Å². The van der Waals surface area contributed by atoms with Gasteiger partial charge >= 0.3 is 11.9 Å². The topological polar surface area (TPSA) is 61.8 Å². The number of aryl methyl sites for hydroxylation is 2. The van der Waals surface area contributed by atoms with E-state index in [1.165, 1.54) is 17.7 Å². The van der Waals surface area contributed by atoms with Crippen LogP contribution in [0.3, 0.4) is 0 Å². The summed E-state index contributed by atoms with van der Waals surface area (Å²) in [6.07, 6.45) is 11.2. The number of ether oxygens (including phenoxy) is 3. The minimum atomic E-state index is -0.456. The van der Waals surface area contributed by atoms with Crippen LogP contribution in [0.15, 0.2) is 66.8 Å². The molecule has 2 aromatic rings. The predicted octanol–water partition coefficient (Wildman–Crippen LogP) is 6.11. The maximum absolute atomic E-state index is 12.0. The molecule has 0 saturated carbocycles. The summed E-state index contributed by atoms with van der Waals surface area (Å²) in [4.78, 5) is 24.0. The fourth-order valence-electron chi connectivity index (χ4n) is 3.63. The first-order valence-corrected chi connectivity index (χ1v) is 11.1. The first kappa shape index (κ1) is 23.3. The smallest absolute Gasteiger partial charge is 0.335 e. The number of hydrogen-bond acceptors (Lipinski definition) is 5. The number of benzene rings is 2. The van der Waals surface area contributed by atoms with Crippen molar-refractivity contribution in [1.82, 2.24) is 0 Å². The number of rotatable bonds is 4. The lowest BCUT2D eigenvalue weighted by molar-refractivity contribution is -0.143. The van der Waals surface area contributed by atoms with Gasteiger partial charge in [-0.3, -0.25) is 0 Å². The second kappa shape index (κ2) is 11.9. The van der Waals surface area contributed by atoms with E-state index in [1.807, 2.05) is 36.4 Å². The van der Waals surface area contributed by atoms with Crippen molar-refractivity contribution in [1.29, 1.82) is 0 Å². The highest BCUT2D eigenvalue weighted by atomic mass is 16.6. The lowest BCUT2D eigenvalue weighted by Crippen LogP contribution is -2.18. The Morgan fingerprint density at radius 2 is 1.59 bits per heavy atom. The van der Waals surface area contributed by atoms with Gasteiger partial charge in [0.25, 0.3) is 0 Å². The third-order valence-corrected chi connectivity index (χ3v) is 5.25. The van der Waals surface area contributed by atoms with Crippen molar-refractivity contribution in [3.05, 3.63) is 77.9 Å². The molecule has 4 rings (SSSR count). The van der Waals surface area contributed by atoms with Gasteiger partial charge < -0.3 is 14.2 Å². The van der Waals surface area contributed by atoms with Gasteiger partial charge in [0.1, 0.15) is 11.9 Å². The van der Waals surface area contributed by atoms with Crippen molar-refractivity contribution in [2.75, 3.05) is 0 Å². The Bertz CT molecular complexity index is 972. The summed E-state index contributed by atoms with van der Waals surface area (Å²) >= 11 is 0. The van der Waals surface area contributed by atoms with Crippen molar-refractivity contribution < 1.29 is 23.8 Å². The quantitative estimate of drug-likeness (QED) is 0.330. The van der Waals surface area contributed by atoms with Crippen LogP contribution in [0.2, 0.25) is 0 Å². The van der Waals surface area contributed by atoms with E-state index >= 15 is 0 Å². The van der Waals surface area contributed by atoms with E-state index in [0.29, 0.717) is 30.1 Å². The van der Waals surface area contributed by atoms with Gasteiger partial charge in [0, 0.05) is 12.2 Å². The zero-order valence-electron chi connectivity index (χ0n) is 18.7. The van der Waals surface area contributed by atoms with E-state index in [9.17, 15) is 9.59 Å². The summed E-state index contributed by atoms with van der Waals surface area (Å²) in [5, 5.41) is 0. The first-order chi connectivity index (χ1) is 15.6. The fraction of sp³-hybridized carbons (Fsp3) is 0.333. The molecule has 5 heteroatoms. The molecule has 168 valence electrons. The number of carbonyl (C=O) groups is 2. The third kappa shape index (κ3) is 7.12. The van der Waals surface area contributed by atoms with Crippen LogP contribution in [0.4, 0.5) is 0 Å². The highest BCUT2D eigenvalue weighted by Gasteiger charge is 2.16. The molecular formula is C27H30O5. The van der Waals surface area contributed by atoms with Crippen molar-refractivity contribution >= 4 is 11.9 Å². The zero-order valence-corrected chi connectivity index (χ0v) is 18.7. The summed E-state index contributed by atoms with van der Waals surface area (Å²) in [7, 11) is 0. The Labute approximate surface area is 189 Å². The molecule has 32 heavy (non-hydrogen) atoms. The monoisotopic (exact) mass is 434 g/mol. The number of carbonyl (C=O) groups excluding carboxylic acids is 2. The summed E-state index contributed by atoms with van der Waals surface area (Å²) in [5.74, 6) is 0.761. The van der Waals surface area contributed by atoms with Gasteiger partial charge in [-0.25, -0.2) is 9.59 Å².